The maximum atomic E-state index is 14.0. The van der Waals surface area contributed by atoms with Crippen LogP contribution in [0.1, 0.15) is 76.3 Å². The number of aryl methyl sites for hydroxylation is 1. The molecule has 1 unspecified atom stereocenters. The summed E-state index contributed by atoms with van der Waals surface area (Å²) in [6.45, 7) is 10.6. The van der Waals surface area contributed by atoms with Crippen LogP contribution in [0.5, 0.6) is 11.5 Å². The quantitative estimate of drug-likeness (QED) is 0.115. The van der Waals surface area contributed by atoms with E-state index < -0.39 is 17.8 Å². The Kier molecular flexibility index (Phi) is 11.9. The van der Waals surface area contributed by atoms with E-state index >= 15 is 0 Å². The van der Waals surface area contributed by atoms with Gasteiger partial charge in [-0.1, -0.05) is 43.6 Å². The van der Waals surface area contributed by atoms with E-state index in [9.17, 15) is 18.1 Å². The highest BCUT2D eigenvalue weighted by Gasteiger charge is 2.34. The van der Waals surface area contributed by atoms with Crippen LogP contribution < -0.4 is 9.61 Å². The average Bonchev–Trinajstić information content (AvgIpc) is 2.77. The number of hydrogen-bond acceptors (Lipinski definition) is 6. The van der Waals surface area contributed by atoms with E-state index in [2.05, 4.69) is 31.6 Å². The molecule has 0 bridgehead atoms. The van der Waals surface area contributed by atoms with E-state index in [1.54, 1.807) is 14.1 Å². The summed E-state index contributed by atoms with van der Waals surface area (Å²) >= 11 is 0. The van der Waals surface area contributed by atoms with Gasteiger partial charge >= 0.3 is 7.67 Å². The third kappa shape index (κ3) is 9.56. The van der Waals surface area contributed by atoms with Crippen LogP contribution >= 0.6 is 7.67 Å². The maximum absolute atomic E-state index is 14.0. The van der Waals surface area contributed by atoms with Crippen LogP contribution in [0, 0.1) is 5.92 Å². The Labute approximate surface area is 223 Å². The molecule has 0 aromatic heterocycles. The molecule has 210 valence electrons. The third-order valence-electron chi connectivity index (χ3n) is 6.64. The van der Waals surface area contributed by atoms with Crippen LogP contribution in [0.15, 0.2) is 35.9 Å². The first-order valence-corrected chi connectivity index (χ1v) is 16.4. The second kappa shape index (κ2) is 13.9. The summed E-state index contributed by atoms with van der Waals surface area (Å²) in [4.78, 5) is 0. The summed E-state index contributed by atoms with van der Waals surface area (Å²) in [5.74, 6) is 0.510. The van der Waals surface area contributed by atoms with Gasteiger partial charge in [-0.2, -0.15) is 8.42 Å². The molecule has 0 radical (unpaired) electrons. The second-order valence-corrected chi connectivity index (χ2v) is 14.2. The van der Waals surface area contributed by atoms with Gasteiger partial charge in [0.15, 0.2) is 0 Å². The first-order chi connectivity index (χ1) is 17.3. The Morgan fingerprint density at radius 3 is 2.57 bits per heavy atom. The molecule has 1 aliphatic rings. The van der Waals surface area contributed by atoms with Crippen molar-refractivity contribution in [1.82, 2.24) is 9.76 Å². The monoisotopic (exact) mass is 556 g/mol. The van der Waals surface area contributed by atoms with Crippen molar-refractivity contribution in [3.63, 3.8) is 0 Å². The molecule has 1 aromatic rings. The number of unbranched alkanes of at least 4 members (excludes halogenated alkanes) is 2. The fraction of sp³-hybridized carbons (Fsp3) is 0.630. The number of nitrogens with one attached hydrogen (secondary N) is 1. The summed E-state index contributed by atoms with van der Waals surface area (Å²) in [5.41, 5.74) is 3.82. The zero-order valence-electron chi connectivity index (χ0n) is 23.2. The molecular formula is C27H45N2O6PS. The van der Waals surface area contributed by atoms with Gasteiger partial charge < -0.3 is 9.63 Å². The lowest BCUT2D eigenvalue weighted by Gasteiger charge is -2.33. The number of rotatable bonds is 15. The minimum absolute atomic E-state index is 0.0232. The van der Waals surface area contributed by atoms with E-state index in [1.165, 1.54) is 10.2 Å². The lowest BCUT2D eigenvalue weighted by atomic mass is 9.73. The number of phenolic OH excluding ortho intramolecular Hbond substituents is 1. The van der Waals surface area contributed by atoms with Gasteiger partial charge in [-0.15, -0.1) is 0 Å². The first-order valence-electron chi connectivity index (χ1n) is 13.0. The molecule has 0 fully saturated rings. The van der Waals surface area contributed by atoms with Crippen LogP contribution in [0.2, 0.25) is 0 Å². The van der Waals surface area contributed by atoms with Gasteiger partial charge in [-0.3, -0.25) is 4.18 Å². The molecule has 8 nitrogen and oxygen atoms in total. The Hall–Kier alpha value is -1.64. The second-order valence-electron chi connectivity index (χ2n) is 10.3. The standard InChI is InChI=1S/C27H45N2O6PS/c1-8-9-10-12-22-18-25(30)27(24-17-21(4)13-14-23(24)20(2)3)26(19-22)35-36(31,29(5)6)28-15-11-16-34-37(7,32)33/h17-19,23-24,30H,2,8-16H2,1,3-7H3,(H,28,31)/t23-,24+,36?/m0/s1. The first kappa shape index (κ1) is 31.6. The van der Waals surface area contributed by atoms with E-state index in [-0.39, 0.29) is 30.7 Å². The Bertz CT molecular complexity index is 1120. The number of benzene rings is 1. The van der Waals surface area contributed by atoms with Crippen LogP contribution in [-0.2, 0) is 25.3 Å². The third-order valence-corrected chi connectivity index (χ3v) is 9.36. The smallest absolute Gasteiger partial charge is 0.392 e. The predicted octanol–water partition coefficient (Wildman–Crippen LogP) is 6.15. The Morgan fingerprint density at radius 2 is 1.97 bits per heavy atom. The molecule has 0 amide bonds. The van der Waals surface area contributed by atoms with Gasteiger partial charge in [0, 0.05) is 18.0 Å². The normalized spacial score (nSPS) is 19.9. The van der Waals surface area contributed by atoms with Crippen LogP contribution in [0.3, 0.4) is 0 Å². The predicted molar refractivity (Wildman–Crippen MR) is 151 cm³/mol. The molecular weight excluding hydrogens is 511 g/mol. The summed E-state index contributed by atoms with van der Waals surface area (Å²) < 4.78 is 49.0. The molecule has 0 saturated carbocycles. The number of allylic oxidation sites excluding steroid dienone is 3. The minimum Gasteiger partial charge on any atom is -0.507 e. The zero-order chi connectivity index (χ0) is 27.8. The molecule has 0 aliphatic heterocycles. The highest BCUT2D eigenvalue weighted by molar-refractivity contribution is 7.85. The zero-order valence-corrected chi connectivity index (χ0v) is 25.0. The van der Waals surface area contributed by atoms with E-state index in [0.29, 0.717) is 17.7 Å². The average molecular weight is 557 g/mol. The van der Waals surface area contributed by atoms with Gasteiger partial charge in [-0.05, 0) is 83.7 Å². The highest BCUT2D eigenvalue weighted by atomic mass is 32.2. The van der Waals surface area contributed by atoms with Crippen molar-refractivity contribution >= 4 is 17.8 Å². The topological polar surface area (TPSA) is 105 Å². The number of hydrogen-bond donors (Lipinski definition) is 2. The van der Waals surface area contributed by atoms with Crippen molar-refractivity contribution in [1.29, 1.82) is 0 Å². The molecule has 2 rings (SSSR count). The minimum atomic E-state index is -3.58. The molecule has 1 aliphatic carbocycles. The molecule has 3 atom stereocenters. The Morgan fingerprint density at radius 1 is 1.27 bits per heavy atom. The molecule has 10 heteroatoms. The number of phenols is 1. The molecule has 0 spiro atoms. The molecule has 2 N–H and O–H groups in total. The Balaban J connectivity index is 2.45. The maximum Gasteiger partial charge on any atom is 0.392 e. The van der Waals surface area contributed by atoms with Gasteiger partial charge in [0.05, 0.1) is 12.9 Å². The van der Waals surface area contributed by atoms with Crippen molar-refractivity contribution < 1.29 is 26.8 Å². The van der Waals surface area contributed by atoms with Crippen molar-refractivity contribution in [2.75, 3.05) is 33.5 Å². The van der Waals surface area contributed by atoms with Gasteiger partial charge in [-0.25, -0.2) is 14.3 Å². The van der Waals surface area contributed by atoms with E-state index in [0.717, 1.165) is 55.9 Å². The van der Waals surface area contributed by atoms with E-state index in [4.69, 9.17) is 8.71 Å². The van der Waals surface area contributed by atoms with Crippen LogP contribution in [0.4, 0.5) is 0 Å². The van der Waals surface area contributed by atoms with Crippen LogP contribution in [-0.4, -0.2) is 51.7 Å². The lowest BCUT2D eigenvalue weighted by Crippen LogP contribution is -2.27. The van der Waals surface area contributed by atoms with Crippen molar-refractivity contribution in [3.05, 3.63) is 47.1 Å². The van der Waals surface area contributed by atoms with Crippen molar-refractivity contribution in [3.8, 4) is 11.5 Å². The summed E-state index contributed by atoms with van der Waals surface area (Å²) in [5, 5.41) is 14.3. The molecule has 37 heavy (non-hydrogen) atoms. The molecule has 1 aromatic carbocycles. The number of nitrogens with zero attached hydrogens (tertiary/aromatic N) is 1. The molecule has 0 heterocycles. The largest absolute Gasteiger partial charge is 0.507 e. The highest BCUT2D eigenvalue weighted by Crippen LogP contribution is 2.52. The molecule has 0 saturated heterocycles. The SMILES string of the molecule is C=C(C)[C@@H]1CCC(C)=C[C@H]1c1c(O)cc(CCCCC)cc1OP(=O)(NCCCOS(C)(=O)=O)N(C)C. The summed E-state index contributed by atoms with van der Waals surface area (Å²) in [7, 11) is -3.80. The van der Waals surface area contributed by atoms with Gasteiger partial charge in [0.1, 0.15) is 11.5 Å². The summed E-state index contributed by atoms with van der Waals surface area (Å²) in [6.07, 6.45) is 9.30. The summed E-state index contributed by atoms with van der Waals surface area (Å²) in [6, 6.07) is 3.71. The van der Waals surface area contributed by atoms with Gasteiger partial charge in [0.25, 0.3) is 10.1 Å². The fourth-order valence-electron chi connectivity index (χ4n) is 4.60. The number of aromatic hydroxyl groups is 1. The lowest BCUT2D eigenvalue weighted by molar-refractivity contribution is 0.314. The van der Waals surface area contributed by atoms with Crippen LogP contribution in [0.25, 0.3) is 0 Å². The van der Waals surface area contributed by atoms with Gasteiger partial charge in [0.2, 0.25) is 0 Å². The fourth-order valence-corrected chi connectivity index (χ4v) is 6.39. The van der Waals surface area contributed by atoms with E-state index in [1.807, 2.05) is 19.1 Å². The van der Waals surface area contributed by atoms with Crippen molar-refractivity contribution in [2.24, 2.45) is 5.92 Å². The van der Waals surface area contributed by atoms with Crippen molar-refractivity contribution in [2.45, 2.75) is 71.6 Å².